The molecule has 0 amide bonds. The third kappa shape index (κ3) is 11.9. The molecule has 4 nitrogen and oxygen atoms in total. The molecule has 0 radical (unpaired) electrons. The average Bonchev–Trinajstić information content (AvgIpc) is 2.51. The lowest BCUT2D eigenvalue weighted by atomic mass is 10.2. The van der Waals surface area contributed by atoms with E-state index in [1.807, 2.05) is 0 Å². The van der Waals surface area contributed by atoms with Crippen LogP contribution in [0.5, 0.6) is 0 Å². The van der Waals surface area contributed by atoms with Gasteiger partial charge in [0.15, 0.2) is 0 Å². The van der Waals surface area contributed by atoms with Gasteiger partial charge in [0.2, 0.25) is 0 Å². The van der Waals surface area contributed by atoms with E-state index >= 15 is 0 Å². The third-order valence-electron chi connectivity index (χ3n) is 4.31. The van der Waals surface area contributed by atoms with Crippen LogP contribution in [-0.4, -0.2) is 74.5 Å². The summed E-state index contributed by atoms with van der Waals surface area (Å²) in [6.45, 7) is 18.5. The van der Waals surface area contributed by atoms with Crippen LogP contribution in [0.25, 0.3) is 0 Å². The summed E-state index contributed by atoms with van der Waals surface area (Å²) in [7, 11) is 0. The number of ether oxygens (including phenoxy) is 2. The van der Waals surface area contributed by atoms with E-state index < -0.39 is 0 Å². The van der Waals surface area contributed by atoms with E-state index in [9.17, 15) is 0 Å². The van der Waals surface area contributed by atoms with Gasteiger partial charge in [0.1, 0.15) is 0 Å². The van der Waals surface area contributed by atoms with E-state index in [-0.39, 0.29) is 5.60 Å². The first kappa shape index (κ1) is 20.9. The normalized spacial score (nSPS) is 17.7. The minimum Gasteiger partial charge on any atom is -0.380 e. The molecule has 1 saturated heterocycles. The standard InChI is InChI=1S/C19H40N2O2/c1-5-6-10-20-11-13-21(14-12-20)15-18-22-16-8-7-9-17-23-19(2,3)4/h5-18H2,1-4H3. The maximum atomic E-state index is 5.78. The first-order chi connectivity index (χ1) is 11.0. The summed E-state index contributed by atoms with van der Waals surface area (Å²) in [6.07, 6.45) is 6.13. The highest BCUT2D eigenvalue weighted by Crippen LogP contribution is 2.08. The van der Waals surface area contributed by atoms with Gasteiger partial charge in [0.25, 0.3) is 0 Å². The summed E-state index contributed by atoms with van der Waals surface area (Å²) in [5.41, 5.74) is -0.00292. The monoisotopic (exact) mass is 328 g/mol. The number of piperazine rings is 1. The van der Waals surface area contributed by atoms with Crippen LogP contribution in [0.3, 0.4) is 0 Å². The van der Waals surface area contributed by atoms with E-state index in [4.69, 9.17) is 9.47 Å². The maximum Gasteiger partial charge on any atom is 0.0598 e. The zero-order valence-corrected chi connectivity index (χ0v) is 16.1. The maximum absolute atomic E-state index is 5.78. The highest BCUT2D eigenvalue weighted by molar-refractivity contribution is 4.71. The molecule has 1 rings (SSSR count). The molecule has 138 valence electrons. The van der Waals surface area contributed by atoms with Crippen molar-refractivity contribution in [3.05, 3.63) is 0 Å². The number of hydrogen-bond donors (Lipinski definition) is 0. The zero-order valence-electron chi connectivity index (χ0n) is 16.1. The predicted molar refractivity (Wildman–Crippen MR) is 98.2 cm³/mol. The van der Waals surface area contributed by atoms with E-state index in [2.05, 4.69) is 37.5 Å². The lowest BCUT2D eigenvalue weighted by Gasteiger charge is -2.34. The molecule has 0 spiro atoms. The van der Waals surface area contributed by atoms with Gasteiger partial charge in [-0.05, 0) is 53.0 Å². The number of rotatable bonds is 12. The van der Waals surface area contributed by atoms with Crippen molar-refractivity contribution < 1.29 is 9.47 Å². The first-order valence-corrected chi connectivity index (χ1v) is 9.67. The van der Waals surface area contributed by atoms with Crippen LogP contribution in [0.4, 0.5) is 0 Å². The molecule has 4 heteroatoms. The lowest BCUT2D eigenvalue weighted by Crippen LogP contribution is -2.47. The van der Waals surface area contributed by atoms with Gasteiger partial charge in [-0.3, -0.25) is 4.90 Å². The van der Waals surface area contributed by atoms with E-state index in [0.717, 1.165) is 39.2 Å². The Morgan fingerprint density at radius 1 is 0.739 bits per heavy atom. The fourth-order valence-corrected chi connectivity index (χ4v) is 2.78. The van der Waals surface area contributed by atoms with Gasteiger partial charge in [0, 0.05) is 45.9 Å². The van der Waals surface area contributed by atoms with Crippen LogP contribution >= 0.6 is 0 Å². The van der Waals surface area contributed by atoms with Crippen LogP contribution in [0.2, 0.25) is 0 Å². The number of unbranched alkanes of at least 4 members (excludes halogenated alkanes) is 3. The van der Waals surface area contributed by atoms with Crippen molar-refractivity contribution >= 4 is 0 Å². The lowest BCUT2D eigenvalue weighted by molar-refractivity contribution is -0.00548. The van der Waals surface area contributed by atoms with Crippen molar-refractivity contribution in [2.45, 2.75) is 65.4 Å². The zero-order chi connectivity index (χ0) is 17.0. The molecule has 0 saturated carbocycles. The summed E-state index contributed by atoms with van der Waals surface area (Å²) in [4.78, 5) is 5.14. The topological polar surface area (TPSA) is 24.9 Å². The Balaban J connectivity index is 1.85. The van der Waals surface area contributed by atoms with Crippen molar-refractivity contribution in [3.8, 4) is 0 Å². The van der Waals surface area contributed by atoms with Crippen molar-refractivity contribution in [1.82, 2.24) is 9.80 Å². The molecule has 0 aliphatic carbocycles. The summed E-state index contributed by atoms with van der Waals surface area (Å²) in [5, 5.41) is 0. The van der Waals surface area contributed by atoms with Crippen molar-refractivity contribution in [3.63, 3.8) is 0 Å². The molecule has 1 aliphatic heterocycles. The molecule has 0 aromatic heterocycles. The largest absolute Gasteiger partial charge is 0.380 e. The van der Waals surface area contributed by atoms with Gasteiger partial charge in [-0.25, -0.2) is 0 Å². The Labute approximate surface area is 144 Å². The summed E-state index contributed by atoms with van der Waals surface area (Å²) >= 11 is 0. The minimum absolute atomic E-state index is 0.00292. The summed E-state index contributed by atoms with van der Waals surface area (Å²) in [6, 6.07) is 0. The molecule has 0 N–H and O–H groups in total. The molecule has 0 bridgehead atoms. The highest BCUT2D eigenvalue weighted by atomic mass is 16.5. The van der Waals surface area contributed by atoms with Crippen LogP contribution in [0.1, 0.15) is 59.8 Å². The predicted octanol–water partition coefficient (Wildman–Crippen LogP) is 3.41. The van der Waals surface area contributed by atoms with Gasteiger partial charge >= 0.3 is 0 Å². The van der Waals surface area contributed by atoms with E-state index in [1.54, 1.807) is 0 Å². The quantitative estimate of drug-likeness (QED) is 0.513. The Kier molecular flexibility index (Phi) is 11.1. The second-order valence-corrected chi connectivity index (χ2v) is 7.67. The Hall–Kier alpha value is -0.160. The van der Waals surface area contributed by atoms with Gasteiger partial charge in [-0.2, -0.15) is 0 Å². The van der Waals surface area contributed by atoms with Gasteiger partial charge in [-0.15, -0.1) is 0 Å². The van der Waals surface area contributed by atoms with Crippen molar-refractivity contribution in [2.75, 3.05) is 59.1 Å². The van der Waals surface area contributed by atoms with Gasteiger partial charge in [0.05, 0.1) is 12.2 Å². The molecule has 1 fully saturated rings. The Morgan fingerprint density at radius 3 is 1.96 bits per heavy atom. The molecule has 1 aliphatic rings. The van der Waals surface area contributed by atoms with Crippen LogP contribution in [0, 0.1) is 0 Å². The SMILES string of the molecule is CCCCN1CCN(CCOCCCCCOC(C)(C)C)CC1. The van der Waals surface area contributed by atoms with Crippen molar-refractivity contribution in [2.24, 2.45) is 0 Å². The first-order valence-electron chi connectivity index (χ1n) is 9.67. The van der Waals surface area contributed by atoms with E-state index in [0.29, 0.717) is 0 Å². The molecule has 0 aromatic carbocycles. The second kappa shape index (κ2) is 12.2. The number of nitrogens with zero attached hydrogens (tertiary/aromatic N) is 2. The molecule has 23 heavy (non-hydrogen) atoms. The molecular weight excluding hydrogens is 288 g/mol. The third-order valence-corrected chi connectivity index (χ3v) is 4.31. The molecule has 0 unspecified atom stereocenters. The summed E-state index contributed by atoms with van der Waals surface area (Å²) < 4.78 is 11.5. The molecule has 0 aromatic rings. The fraction of sp³-hybridized carbons (Fsp3) is 1.00. The average molecular weight is 329 g/mol. The van der Waals surface area contributed by atoms with Crippen LogP contribution in [0.15, 0.2) is 0 Å². The Bertz CT molecular complexity index is 271. The van der Waals surface area contributed by atoms with Crippen molar-refractivity contribution in [1.29, 1.82) is 0 Å². The minimum atomic E-state index is -0.00292. The fourth-order valence-electron chi connectivity index (χ4n) is 2.78. The van der Waals surface area contributed by atoms with Gasteiger partial charge < -0.3 is 14.4 Å². The van der Waals surface area contributed by atoms with Crippen LogP contribution < -0.4 is 0 Å². The number of hydrogen-bond acceptors (Lipinski definition) is 4. The molecule has 1 heterocycles. The molecule has 0 atom stereocenters. The Morgan fingerprint density at radius 2 is 1.35 bits per heavy atom. The smallest absolute Gasteiger partial charge is 0.0598 e. The molecular formula is C19H40N2O2. The van der Waals surface area contributed by atoms with E-state index in [1.165, 1.54) is 52.0 Å². The van der Waals surface area contributed by atoms with Crippen LogP contribution in [-0.2, 0) is 9.47 Å². The van der Waals surface area contributed by atoms with Gasteiger partial charge in [-0.1, -0.05) is 13.3 Å². The summed E-state index contributed by atoms with van der Waals surface area (Å²) in [5.74, 6) is 0. The second-order valence-electron chi connectivity index (χ2n) is 7.67. The highest BCUT2D eigenvalue weighted by Gasteiger charge is 2.15.